The van der Waals surface area contributed by atoms with Crippen molar-refractivity contribution >= 4 is 5.84 Å². The van der Waals surface area contributed by atoms with Crippen LogP contribution in [0.15, 0.2) is 0 Å². The van der Waals surface area contributed by atoms with Gasteiger partial charge in [-0.25, -0.2) is 0 Å². The number of hydrogen-bond acceptors (Lipinski definition) is 4. The van der Waals surface area contributed by atoms with Crippen LogP contribution >= 0.6 is 0 Å². The molecule has 0 atom stereocenters. The smallest absolute Gasteiger partial charge is 0.176 e. The molecule has 1 saturated heterocycles. The monoisotopic (exact) mass is 181 g/mol. The number of piperazine rings is 1. The van der Waals surface area contributed by atoms with Crippen molar-refractivity contribution in [2.24, 2.45) is 0 Å². The number of nitriles is 1. The van der Waals surface area contributed by atoms with E-state index in [0.29, 0.717) is 12.4 Å². The van der Waals surface area contributed by atoms with Crippen molar-refractivity contribution in [1.29, 1.82) is 10.7 Å². The number of likely N-dealkylation sites (N-methyl/N-ethyl adjacent to an activating group) is 1. The number of nitrogens with one attached hydrogen (secondary N) is 2. The summed E-state index contributed by atoms with van der Waals surface area (Å²) >= 11 is 0. The molecule has 13 heavy (non-hydrogen) atoms. The molecule has 0 aromatic carbocycles. The van der Waals surface area contributed by atoms with Crippen LogP contribution in [0.2, 0.25) is 0 Å². The van der Waals surface area contributed by atoms with Gasteiger partial charge in [0.05, 0.1) is 6.54 Å². The number of hydrogen-bond donors (Lipinski definition) is 2. The first-order chi connectivity index (χ1) is 6.24. The molecule has 1 aliphatic rings. The molecule has 0 aliphatic carbocycles. The van der Waals surface area contributed by atoms with Crippen LogP contribution < -0.4 is 5.32 Å². The van der Waals surface area contributed by atoms with Gasteiger partial charge in [-0.1, -0.05) is 0 Å². The minimum Gasteiger partial charge on any atom is -0.356 e. The molecule has 72 valence electrons. The van der Waals surface area contributed by atoms with E-state index in [-0.39, 0.29) is 0 Å². The maximum Gasteiger partial charge on any atom is 0.176 e. The second kappa shape index (κ2) is 4.67. The van der Waals surface area contributed by atoms with Crippen molar-refractivity contribution in [2.45, 2.75) is 0 Å². The van der Waals surface area contributed by atoms with Gasteiger partial charge in [-0.05, 0) is 7.05 Å². The molecule has 0 bridgehead atoms. The Bertz CT molecular complexity index is 211. The molecular weight excluding hydrogens is 166 g/mol. The van der Waals surface area contributed by atoms with E-state index in [2.05, 4.69) is 17.3 Å². The summed E-state index contributed by atoms with van der Waals surface area (Å²) in [6, 6.07) is 0. The largest absolute Gasteiger partial charge is 0.356 e. The molecule has 0 amide bonds. The summed E-state index contributed by atoms with van der Waals surface area (Å²) in [6.45, 7) is 4.12. The number of amidine groups is 1. The zero-order chi connectivity index (χ0) is 9.68. The van der Waals surface area contributed by atoms with Gasteiger partial charge < -0.3 is 15.1 Å². The fourth-order valence-corrected chi connectivity index (χ4v) is 1.31. The molecule has 1 rings (SSSR count). The van der Waals surface area contributed by atoms with Crippen LogP contribution in [0, 0.1) is 16.9 Å². The zero-order valence-electron chi connectivity index (χ0n) is 7.88. The maximum atomic E-state index is 8.27. The predicted molar refractivity (Wildman–Crippen MR) is 50.4 cm³/mol. The molecule has 2 N–H and O–H groups in total. The highest BCUT2D eigenvalue weighted by Crippen LogP contribution is 1.98. The first kappa shape index (κ1) is 9.81. The fraction of sp³-hybridized carbons (Fsp3) is 0.750. The Hall–Kier alpha value is -1.28. The van der Waals surface area contributed by atoms with Crippen molar-refractivity contribution in [3.8, 4) is 6.19 Å². The normalized spacial score (nSPS) is 18.0. The lowest BCUT2D eigenvalue weighted by Crippen LogP contribution is -2.48. The van der Waals surface area contributed by atoms with Crippen molar-refractivity contribution in [3.63, 3.8) is 0 Å². The van der Waals surface area contributed by atoms with Gasteiger partial charge in [0, 0.05) is 26.2 Å². The van der Waals surface area contributed by atoms with Gasteiger partial charge in [0.1, 0.15) is 5.84 Å². The maximum absolute atomic E-state index is 8.27. The molecule has 1 heterocycles. The molecule has 1 aliphatic heterocycles. The molecular formula is C8H15N5. The number of rotatable bonds is 2. The molecule has 1 fully saturated rings. The third-order valence-electron chi connectivity index (χ3n) is 2.22. The highest BCUT2D eigenvalue weighted by atomic mass is 15.3. The van der Waals surface area contributed by atoms with Crippen LogP contribution in [0.3, 0.4) is 0 Å². The number of nitrogens with zero attached hydrogens (tertiary/aromatic N) is 3. The average Bonchev–Trinajstić information content (AvgIpc) is 2.15. The molecule has 0 aromatic rings. The van der Waals surface area contributed by atoms with E-state index in [1.807, 2.05) is 11.1 Å². The van der Waals surface area contributed by atoms with E-state index in [1.54, 1.807) is 0 Å². The molecule has 0 unspecified atom stereocenters. The van der Waals surface area contributed by atoms with Gasteiger partial charge in [-0.2, -0.15) is 5.26 Å². The van der Waals surface area contributed by atoms with Crippen molar-refractivity contribution in [3.05, 3.63) is 0 Å². The van der Waals surface area contributed by atoms with Crippen LogP contribution in [0.4, 0.5) is 0 Å². The van der Waals surface area contributed by atoms with Crippen molar-refractivity contribution < 1.29 is 0 Å². The van der Waals surface area contributed by atoms with Gasteiger partial charge in [0.25, 0.3) is 0 Å². The highest BCUT2D eigenvalue weighted by Gasteiger charge is 2.15. The SMILES string of the molecule is CN1CCN(C(=N)CNC#N)CC1. The van der Waals surface area contributed by atoms with Gasteiger partial charge >= 0.3 is 0 Å². The minimum absolute atomic E-state index is 0.347. The third-order valence-corrected chi connectivity index (χ3v) is 2.22. The van der Waals surface area contributed by atoms with E-state index in [0.717, 1.165) is 26.2 Å². The highest BCUT2D eigenvalue weighted by molar-refractivity contribution is 5.81. The van der Waals surface area contributed by atoms with Gasteiger partial charge in [0.2, 0.25) is 0 Å². The summed E-state index contributed by atoms with van der Waals surface area (Å²) in [6.07, 6.45) is 1.82. The molecule has 5 nitrogen and oxygen atoms in total. The van der Waals surface area contributed by atoms with Crippen LogP contribution in [0.5, 0.6) is 0 Å². The second-order valence-electron chi connectivity index (χ2n) is 3.20. The van der Waals surface area contributed by atoms with E-state index >= 15 is 0 Å². The van der Waals surface area contributed by atoms with Gasteiger partial charge in [0.15, 0.2) is 6.19 Å². The van der Waals surface area contributed by atoms with Gasteiger partial charge in [-0.3, -0.25) is 5.41 Å². The Labute approximate surface area is 78.4 Å². The molecule has 5 heteroatoms. The lowest BCUT2D eigenvalue weighted by Gasteiger charge is -2.33. The second-order valence-corrected chi connectivity index (χ2v) is 3.20. The quantitative estimate of drug-likeness (QED) is 0.255. The summed E-state index contributed by atoms with van der Waals surface area (Å²) in [5, 5.41) is 18.4. The molecule has 0 spiro atoms. The summed E-state index contributed by atoms with van der Waals surface area (Å²) < 4.78 is 0. The van der Waals surface area contributed by atoms with E-state index < -0.39 is 0 Å². The first-order valence-corrected chi connectivity index (χ1v) is 4.37. The van der Waals surface area contributed by atoms with E-state index in [1.165, 1.54) is 0 Å². The Morgan fingerprint density at radius 2 is 2.08 bits per heavy atom. The molecule has 0 aromatic heterocycles. The van der Waals surface area contributed by atoms with Crippen LogP contribution in [0.1, 0.15) is 0 Å². The standard InChI is InChI=1S/C8H15N5/c1-12-2-4-13(5-3-12)8(10)6-11-7-9/h10-11H,2-6H2,1H3. The fourth-order valence-electron chi connectivity index (χ4n) is 1.31. The molecule has 0 saturated carbocycles. The Balaban J connectivity index is 2.28. The zero-order valence-corrected chi connectivity index (χ0v) is 7.88. The van der Waals surface area contributed by atoms with Crippen LogP contribution in [-0.4, -0.2) is 55.4 Å². The average molecular weight is 181 g/mol. The topological polar surface area (TPSA) is 66.2 Å². The van der Waals surface area contributed by atoms with Crippen LogP contribution in [0.25, 0.3) is 0 Å². The lowest BCUT2D eigenvalue weighted by atomic mass is 10.3. The first-order valence-electron chi connectivity index (χ1n) is 4.37. The Kier molecular flexibility index (Phi) is 3.53. The lowest BCUT2D eigenvalue weighted by molar-refractivity contribution is 0.213. The molecule has 0 radical (unpaired) electrons. The van der Waals surface area contributed by atoms with Crippen molar-refractivity contribution in [2.75, 3.05) is 39.8 Å². The third kappa shape index (κ3) is 2.92. The summed E-state index contributed by atoms with van der Waals surface area (Å²) in [5.74, 6) is 0.509. The van der Waals surface area contributed by atoms with E-state index in [9.17, 15) is 0 Å². The van der Waals surface area contributed by atoms with Crippen molar-refractivity contribution in [1.82, 2.24) is 15.1 Å². The van der Waals surface area contributed by atoms with E-state index in [4.69, 9.17) is 10.7 Å². The Morgan fingerprint density at radius 3 is 2.62 bits per heavy atom. The summed E-state index contributed by atoms with van der Waals surface area (Å²) in [5.41, 5.74) is 0. The predicted octanol–water partition coefficient (Wildman–Crippen LogP) is -0.718. The summed E-state index contributed by atoms with van der Waals surface area (Å²) in [7, 11) is 2.08. The Morgan fingerprint density at radius 1 is 1.46 bits per heavy atom. The summed E-state index contributed by atoms with van der Waals surface area (Å²) in [4.78, 5) is 4.24. The van der Waals surface area contributed by atoms with Gasteiger partial charge in [-0.15, -0.1) is 0 Å². The minimum atomic E-state index is 0.347. The van der Waals surface area contributed by atoms with Crippen LogP contribution in [-0.2, 0) is 0 Å².